The Morgan fingerprint density at radius 2 is 1.92 bits per heavy atom. The zero-order valence-corrected chi connectivity index (χ0v) is 8.32. The summed E-state index contributed by atoms with van der Waals surface area (Å²) in [4.78, 5) is 0. The minimum atomic E-state index is 0.322. The summed E-state index contributed by atoms with van der Waals surface area (Å²) < 4.78 is 2.26. The highest BCUT2D eigenvalue weighted by Gasteiger charge is 2.05. The van der Waals surface area contributed by atoms with Crippen LogP contribution in [0.4, 0.5) is 0 Å². The molecule has 0 aliphatic rings. The number of hydrogen-bond donors (Lipinski definition) is 1. The van der Waals surface area contributed by atoms with E-state index in [9.17, 15) is 0 Å². The number of aromatic nitrogens is 1. The fourth-order valence-electron chi connectivity index (χ4n) is 1.65. The first-order chi connectivity index (χ1) is 6.38. The maximum absolute atomic E-state index is 8.68. The minimum Gasteiger partial charge on any atom is -0.396 e. The molecule has 0 aromatic carbocycles. The van der Waals surface area contributed by atoms with E-state index in [1.54, 1.807) is 0 Å². The molecule has 0 spiro atoms. The van der Waals surface area contributed by atoms with Gasteiger partial charge in [-0.15, -0.1) is 0 Å². The van der Waals surface area contributed by atoms with Crippen LogP contribution >= 0.6 is 0 Å². The molecule has 0 radical (unpaired) electrons. The second-order valence-corrected chi connectivity index (χ2v) is 3.41. The van der Waals surface area contributed by atoms with E-state index in [0.717, 1.165) is 12.8 Å². The van der Waals surface area contributed by atoms with Gasteiger partial charge in [0, 0.05) is 25.0 Å². The van der Waals surface area contributed by atoms with E-state index in [4.69, 9.17) is 5.11 Å². The predicted octanol–water partition coefficient (Wildman–Crippen LogP) is 2.60. The molecular weight excluding hydrogens is 162 g/mol. The first-order valence-electron chi connectivity index (χ1n) is 5.11. The van der Waals surface area contributed by atoms with Crippen LogP contribution in [0, 0.1) is 0 Å². The highest BCUT2D eigenvalue weighted by atomic mass is 16.2. The van der Waals surface area contributed by atoms with Crippen LogP contribution in [0.1, 0.15) is 38.6 Å². The third-order valence-corrected chi connectivity index (χ3v) is 2.47. The molecule has 0 bridgehead atoms. The van der Waals surface area contributed by atoms with E-state index in [-0.39, 0.29) is 0 Å². The molecule has 1 unspecified atom stereocenters. The fourth-order valence-corrected chi connectivity index (χ4v) is 1.65. The van der Waals surface area contributed by atoms with Crippen molar-refractivity contribution in [3.8, 4) is 0 Å². The SMILES string of the molecule is CCC(CCCCO)n1cccc1. The number of unbranched alkanes of at least 4 members (excludes halogenated alkanes) is 1. The Bertz CT molecular complexity index is 206. The van der Waals surface area contributed by atoms with Gasteiger partial charge >= 0.3 is 0 Å². The number of aliphatic hydroxyl groups excluding tert-OH is 1. The molecule has 1 atom stereocenters. The summed E-state index contributed by atoms with van der Waals surface area (Å²) >= 11 is 0. The molecule has 0 saturated carbocycles. The molecule has 1 aromatic rings. The number of hydrogen-bond acceptors (Lipinski definition) is 1. The molecule has 1 rings (SSSR count). The molecule has 0 saturated heterocycles. The minimum absolute atomic E-state index is 0.322. The second-order valence-electron chi connectivity index (χ2n) is 3.41. The monoisotopic (exact) mass is 181 g/mol. The lowest BCUT2D eigenvalue weighted by molar-refractivity contribution is 0.277. The van der Waals surface area contributed by atoms with Crippen LogP contribution in [0.25, 0.3) is 0 Å². The van der Waals surface area contributed by atoms with Gasteiger partial charge in [-0.2, -0.15) is 0 Å². The topological polar surface area (TPSA) is 25.2 Å². The van der Waals surface area contributed by atoms with Crippen LogP contribution < -0.4 is 0 Å². The van der Waals surface area contributed by atoms with E-state index in [2.05, 4.69) is 36.0 Å². The summed E-state index contributed by atoms with van der Waals surface area (Å²) in [6.45, 7) is 2.53. The molecule has 1 N–H and O–H groups in total. The maximum Gasteiger partial charge on any atom is 0.0431 e. The Morgan fingerprint density at radius 1 is 1.23 bits per heavy atom. The van der Waals surface area contributed by atoms with Crippen molar-refractivity contribution in [1.82, 2.24) is 4.57 Å². The lowest BCUT2D eigenvalue weighted by Crippen LogP contribution is -2.05. The van der Waals surface area contributed by atoms with Crippen LogP contribution in [-0.2, 0) is 0 Å². The van der Waals surface area contributed by atoms with Crippen molar-refractivity contribution in [2.24, 2.45) is 0 Å². The molecule has 0 fully saturated rings. The van der Waals surface area contributed by atoms with Crippen LogP contribution in [0.15, 0.2) is 24.5 Å². The predicted molar refractivity (Wildman–Crippen MR) is 54.7 cm³/mol. The van der Waals surface area contributed by atoms with Crippen molar-refractivity contribution in [2.75, 3.05) is 6.61 Å². The first kappa shape index (κ1) is 10.3. The van der Waals surface area contributed by atoms with Gasteiger partial charge in [0.05, 0.1) is 0 Å². The van der Waals surface area contributed by atoms with Gasteiger partial charge in [-0.05, 0) is 37.8 Å². The molecule has 2 heteroatoms. The lowest BCUT2D eigenvalue weighted by Gasteiger charge is -2.16. The zero-order valence-electron chi connectivity index (χ0n) is 8.32. The van der Waals surface area contributed by atoms with Gasteiger partial charge < -0.3 is 9.67 Å². The van der Waals surface area contributed by atoms with Crippen molar-refractivity contribution >= 4 is 0 Å². The van der Waals surface area contributed by atoms with Gasteiger partial charge in [-0.25, -0.2) is 0 Å². The molecule has 13 heavy (non-hydrogen) atoms. The first-order valence-corrected chi connectivity index (χ1v) is 5.11. The Morgan fingerprint density at radius 3 is 2.46 bits per heavy atom. The second kappa shape index (κ2) is 5.81. The zero-order chi connectivity index (χ0) is 9.52. The van der Waals surface area contributed by atoms with Crippen molar-refractivity contribution in [3.05, 3.63) is 24.5 Å². The van der Waals surface area contributed by atoms with Gasteiger partial charge in [0.2, 0.25) is 0 Å². The number of aliphatic hydroxyl groups is 1. The summed E-state index contributed by atoms with van der Waals surface area (Å²) in [6.07, 6.45) is 8.62. The van der Waals surface area contributed by atoms with Crippen molar-refractivity contribution < 1.29 is 5.11 Å². The van der Waals surface area contributed by atoms with Crippen molar-refractivity contribution in [3.63, 3.8) is 0 Å². The Labute approximate surface area is 80.2 Å². The molecule has 74 valence electrons. The average molecular weight is 181 g/mol. The van der Waals surface area contributed by atoms with E-state index >= 15 is 0 Å². The average Bonchev–Trinajstić information content (AvgIpc) is 2.65. The third kappa shape index (κ3) is 3.23. The standard InChI is InChI=1S/C11H19NO/c1-2-11(7-3-6-10-13)12-8-4-5-9-12/h4-5,8-9,11,13H,2-3,6-7,10H2,1H3. The van der Waals surface area contributed by atoms with Crippen molar-refractivity contribution in [1.29, 1.82) is 0 Å². The molecule has 2 nitrogen and oxygen atoms in total. The normalized spacial score (nSPS) is 13.1. The van der Waals surface area contributed by atoms with Gasteiger partial charge in [-0.1, -0.05) is 6.92 Å². The third-order valence-electron chi connectivity index (χ3n) is 2.47. The molecule has 0 aliphatic heterocycles. The quantitative estimate of drug-likeness (QED) is 0.670. The lowest BCUT2D eigenvalue weighted by atomic mass is 10.1. The summed E-state index contributed by atoms with van der Waals surface area (Å²) in [5, 5.41) is 8.68. The van der Waals surface area contributed by atoms with Crippen LogP contribution in [0.3, 0.4) is 0 Å². The van der Waals surface area contributed by atoms with Crippen LogP contribution in [0.5, 0.6) is 0 Å². The smallest absolute Gasteiger partial charge is 0.0431 e. The largest absolute Gasteiger partial charge is 0.396 e. The number of nitrogens with zero attached hydrogens (tertiary/aromatic N) is 1. The fraction of sp³-hybridized carbons (Fsp3) is 0.636. The molecule has 1 heterocycles. The van der Waals surface area contributed by atoms with E-state index in [1.807, 2.05) is 0 Å². The Balaban J connectivity index is 2.35. The molecule has 0 aliphatic carbocycles. The molecule has 0 amide bonds. The summed E-state index contributed by atoms with van der Waals surface area (Å²) in [7, 11) is 0. The summed E-state index contributed by atoms with van der Waals surface area (Å²) in [5.74, 6) is 0. The molecule has 1 aromatic heterocycles. The maximum atomic E-state index is 8.68. The molecular formula is C11H19NO. The Kier molecular flexibility index (Phi) is 4.61. The highest BCUT2D eigenvalue weighted by molar-refractivity contribution is 4.92. The van der Waals surface area contributed by atoms with Gasteiger partial charge in [0.1, 0.15) is 0 Å². The van der Waals surface area contributed by atoms with Crippen LogP contribution in [0.2, 0.25) is 0 Å². The van der Waals surface area contributed by atoms with E-state index in [0.29, 0.717) is 12.6 Å². The van der Waals surface area contributed by atoms with Gasteiger partial charge in [0.15, 0.2) is 0 Å². The van der Waals surface area contributed by atoms with Crippen LogP contribution in [-0.4, -0.2) is 16.3 Å². The van der Waals surface area contributed by atoms with Gasteiger partial charge in [-0.3, -0.25) is 0 Å². The van der Waals surface area contributed by atoms with E-state index < -0.39 is 0 Å². The summed E-state index contributed by atoms with van der Waals surface area (Å²) in [5.41, 5.74) is 0. The van der Waals surface area contributed by atoms with Crippen molar-refractivity contribution in [2.45, 2.75) is 38.6 Å². The highest BCUT2D eigenvalue weighted by Crippen LogP contribution is 2.18. The Hall–Kier alpha value is -0.760. The van der Waals surface area contributed by atoms with Gasteiger partial charge in [0.25, 0.3) is 0 Å². The van der Waals surface area contributed by atoms with E-state index in [1.165, 1.54) is 12.8 Å². The summed E-state index contributed by atoms with van der Waals surface area (Å²) in [6, 6.07) is 4.74. The number of rotatable bonds is 6.